The van der Waals surface area contributed by atoms with Gasteiger partial charge in [0, 0.05) is 17.1 Å². The zero-order valence-corrected chi connectivity index (χ0v) is 11.4. The van der Waals surface area contributed by atoms with Gasteiger partial charge in [-0.05, 0) is 60.3 Å². The zero-order valence-electron chi connectivity index (χ0n) is 9.78. The molecule has 2 rings (SSSR count). The third kappa shape index (κ3) is 2.25. The quantitative estimate of drug-likeness (QED) is 0.898. The summed E-state index contributed by atoms with van der Waals surface area (Å²) in [5.74, 6) is 0. The zero-order chi connectivity index (χ0) is 11.7. The van der Waals surface area contributed by atoms with Crippen LogP contribution in [0.5, 0.6) is 0 Å². The lowest BCUT2D eigenvalue weighted by Gasteiger charge is -2.25. The lowest BCUT2D eigenvalue weighted by molar-refractivity contribution is 0.199. The van der Waals surface area contributed by atoms with Crippen LogP contribution in [0.4, 0.5) is 5.69 Å². The molecule has 1 aliphatic heterocycles. The Morgan fingerprint density at radius 2 is 2.25 bits per heavy atom. The van der Waals surface area contributed by atoms with E-state index in [0.29, 0.717) is 6.04 Å². The summed E-state index contributed by atoms with van der Waals surface area (Å²) in [7, 11) is 0. The number of benzene rings is 1. The number of hydrogen-bond donors (Lipinski definition) is 1. The number of aliphatic hydroxyl groups excluding tert-OH is 1. The molecule has 88 valence electrons. The molecular formula is C13H18BrNO. The Hall–Kier alpha value is -0.540. The normalized spacial score (nSPS) is 22.5. The van der Waals surface area contributed by atoms with Crippen LogP contribution in [0.15, 0.2) is 22.7 Å². The molecule has 0 aromatic heterocycles. The predicted molar refractivity (Wildman–Crippen MR) is 70.8 cm³/mol. The van der Waals surface area contributed by atoms with Gasteiger partial charge in [-0.3, -0.25) is 0 Å². The van der Waals surface area contributed by atoms with E-state index in [4.69, 9.17) is 0 Å². The Labute approximate surface area is 105 Å². The molecule has 2 atom stereocenters. The molecule has 16 heavy (non-hydrogen) atoms. The molecule has 1 aromatic carbocycles. The largest absolute Gasteiger partial charge is 0.389 e. The standard InChI is InChI=1S/C13H18BrNO/c1-9-4-3-7-15(9)13-6-5-11(10(2)16)8-12(13)14/h5-6,8-10,16H,3-4,7H2,1-2H3/t9?,10-/m1/s1. The predicted octanol–water partition coefficient (Wildman–Crippen LogP) is 3.49. The van der Waals surface area contributed by atoms with E-state index in [0.717, 1.165) is 16.6 Å². The first-order valence-corrected chi connectivity index (χ1v) is 6.63. The van der Waals surface area contributed by atoms with Crippen LogP contribution in [0.2, 0.25) is 0 Å². The number of nitrogens with zero attached hydrogens (tertiary/aromatic N) is 1. The van der Waals surface area contributed by atoms with Crippen molar-refractivity contribution in [1.82, 2.24) is 0 Å². The van der Waals surface area contributed by atoms with Gasteiger partial charge in [0.2, 0.25) is 0 Å². The van der Waals surface area contributed by atoms with Crippen LogP contribution in [0.1, 0.15) is 38.4 Å². The minimum Gasteiger partial charge on any atom is -0.389 e. The average molecular weight is 284 g/mol. The van der Waals surface area contributed by atoms with Crippen molar-refractivity contribution in [3.63, 3.8) is 0 Å². The molecule has 2 nitrogen and oxygen atoms in total. The van der Waals surface area contributed by atoms with Crippen LogP contribution in [-0.4, -0.2) is 17.7 Å². The summed E-state index contributed by atoms with van der Waals surface area (Å²) in [5.41, 5.74) is 2.21. The summed E-state index contributed by atoms with van der Waals surface area (Å²) < 4.78 is 1.08. The summed E-state index contributed by atoms with van der Waals surface area (Å²) in [6, 6.07) is 6.75. The molecule has 0 radical (unpaired) electrons. The molecule has 0 amide bonds. The molecule has 1 fully saturated rings. The van der Waals surface area contributed by atoms with Crippen molar-refractivity contribution in [2.45, 2.75) is 38.8 Å². The number of aliphatic hydroxyl groups is 1. The van der Waals surface area contributed by atoms with Crippen molar-refractivity contribution < 1.29 is 5.11 Å². The third-order valence-electron chi connectivity index (χ3n) is 3.32. The van der Waals surface area contributed by atoms with Crippen molar-refractivity contribution in [3.8, 4) is 0 Å². The maximum Gasteiger partial charge on any atom is 0.0762 e. The van der Waals surface area contributed by atoms with Gasteiger partial charge in [-0.1, -0.05) is 6.07 Å². The van der Waals surface area contributed by atoms with E-state index in [9.17, 15) is 5.11 Å². The van der Waals surface area contributed by atoms with Crippen LogP contribution in [0.25, 0.3) is 0 Å². The van der Waals surface area contributed by atoms with Crippen LogP contribution < -0.4 is 4.90 Å². The fourth-order valence-corrected chi connectivity index (χ4v) is 2.93. The molecule has 1 aliphatic rings. The van der Waals surface area contributed by atoms with Gasteiger partial charge in [0.15, 0.2) is 0 Å². The van der Waals surface area contributed by atoms with Crippen molar-refractivity contribution >= 4 is 21.6 Å². The lowest BCUT2D eigenvalue weighted by atomic mass is 10.1. The highest BCUT2D eigenvalue weighted by Crippen LogP contribution is 2.33. The van der Waals surface area contributed by atoms with Crippen LogP contribution in [0, 0.1) is 0 Å². The number of hydrogen-bond acceptors (Lipinski definition) is 2. The molecule has 0 spiro atoms. The highest BCUT2D eigenvalue weighted by molar-refractivity contribution is 9.10. The number of rotatable bonds is 2. The maximum atomic E-state index is 9.52. The fraction of sp³-hybridized carbons (Fsp3) is 0.538. The van der Waals surface area contributed by atoms with Gasteiger partial charge in [0.25, 0.3) is 0 Å². The van der Waals surface area contributed by atoms with Gasteiger partial charge in [-0.15, -0.1) is 0 Å². The van der Waals surface area contributed by atoms with E-state index < -0.39 is 6.10 Å². The van der Waals surface area contributed by atoms with Crippen molar-refractivity contribution in [3.05, 3.63) is 28.2 Å². The van der Waals surface area contributed by atoms with Gasteiger partial charge in [0.1, 0.15) is 0 Å². The van der Waals surface area contributed by atoms with E-state index in [1.807, 2.05) is 12.1 Å². The molecule has 1 N–H and O–H groups in total. The van der Waals surface area contributed by atoms with Gasteiger partial charge >= 0.3 is 0 Å². The second kappa shape index (κ2) is 4.76. The second-order valence-corrected chi connectivity index (χ2v) is 5.43. The summed E-state index contributed by atoms with van der Waals surface area (Å²) in [6.07, 6.45) is 2.14. The molecule has 0 bridgehead atoms. The van der Waals surface area contributed by atoms with E-state index in [2.05, 4.69) is 33.8 Å². The SMILES string of the molecule is CC1CCCN1c1ccc([C@@H](C)O)cc1Br. The van der Waals surface area contributed by atoms with Crippen molar-refractivity contribution in [2.75, 3.05) is 11.4 Å². The summed E-state index contributed by atoms with van der Waals surface area (Å²) in [4.78, 5) is 2.43. The summed E-state index contributed by atoms with van der Waals surface area (Å²) in [5, 5.41) is 9.52. The molecule has 1 heterocycles. The first-order valence-electron chi connectivity index (χ1n) is 5.83. The Balaban J connectivity index is 2.28. The van der Waals surface area contributed by atoms with Crippen molar-refractivity contribution in [2.24, 2.45) is 0 Å². The monoisotopic (exact) mass is 283 g/mol. The number of anilines is 1. The molecule has 1 saturated heterocycles. The molecule has 1 unspecified atom stereocenters. The van der Waals surface area contributed by atoms with E-state index in [1.54, 1.807) is 6.92 Å². The van der Waals surface area contributed by atoms with Gasteiger partial charge in [-0.2, -0.15) is 0 Å². The maximum absolute atomic E-state index is 9.52. The van der Waals surface area contributed by atoms with Crippen LogP contribution >= 0.6 is 15.9 Å². The highest BCUT2D eigenvalue weighted by Gasteiger charge is 2.22. The van der Waals surface area contributed by atoms with Gasteiger partial charge in [-0.25, -0.2) is 0 Å². The Kier molecular flexibility index (Phi) is 3.55. The van der Waals surface area contributed by atoms with E-state index >= 15 is 0 Å². The summed E-state index contributed by atoms with van der Waals surface area (Å²) in [6.45, 7) is 5.19. The summed E-state index contributed by atoms with van der Waals surface area (Å²) >= 11 is 3.60. The van der Waals surface area contributed by atoms with Crippen LogP contribution in [0.3, 0.4) is 0 Å². The van der Waals surface area contributed by atoms with Gasteiger partial charge < -0.3 is 10.0 Å². The van der Waals surface area contributed by atoms with Gasteiger partial charge in [0.05, 0.1) is 11.8 Å². The fourth-order valence-electron chi connectivity index (χ4n) is 2.31. The smallest absolute Gasteiger partial charge is 0.0762 e. The number of halogens is 1. The van der Waals surface area contributed by atoms with E-state index in [1.165, 1.54) is 18.5 Å². The lowest BCUT2D eigenvalue weighted by Crippen LogP contribution is -2.26. The van der Waals surface area contributed by atoms with Crippen LogP contribution in [-0.2, 0) is 0 Å². The molecule has 1 aromatic rings. The minimum atomic E-state index is -0.402. The second-order valence-electron chi connectivity index (χ2n) is 4.57. The Bertz CT molecular complexity index is 378. The molecular weight excluding hydrogens is 266 g/mol. The first-order chi connectivity index (χ1) is 7.59. The Morgan fingerprint density at radius 1 is 1.50 bits per heavy atom. The molecule has 0 aliphatic carbocycles. The topological polar surface area (TPSA) is 23.5 Å². The third-order valence-corrected chi connectivity index (χ3v) is 3.95. The Morgan fingerprint density at radius 3 is 2.75 bits per heavy atom. The molecule has 3 heteroatoms. The average Bonchev–Trinajstić information content (AvgIpc) is 2.64. The first kappa shape index (κ1) is 11.9. The molecule has 0 saturated carbocycles. The highest BCUT2D eigenvalue weighted by atomic mass is 79.9. The van der Waals surface area contributed by atoms with E-state index in [-0.39, 0.29) is 0 Å². The van der Waals surface area contributed by atoms with Crippen molar-refractivity contribution in [1.29, 1.82) is 0 Å². The minimum absolute atomic E-state index is 0.402.